The van der Waals surface area contributed by atoms with E-state index in [0.717, 1.165) is 27.9 Å². The van der Waals surface area contributed by atoms with Crippen molar-refractivity contribution in [3.8, 4) is 11.3 Å². The zero-order valence-corrected chi connectivity index (χ0v) is 9.65. The molecule has 0 spiro atoms. The molecule has 0 fully saturated rings. The highest BCUT2D eigenvalue weighted by molar-refractivity contribution is 5.67. The molecule has 82 valence electrons. The van der Waals surface area contributed by atoms with Gasteiger partial charge in [-0.15, -0.1) is 10.2 Å². The van der Waals surface area contributed by atoms with E-state index in [1.807, 2.05) is 33.0 Å². The second-order valence-electron chi connectivity index (χ2n) is 3.87. The summed E-state index contributed by atoms with van der Waals surface area (Å²) in [5.74, 6) is 0.489. The van der Waals surface area contributed by atoms with Crippen LogP contribution in [0, 0.1) is 20.8 Å². The number of nitrogens with zero attached hydrogens (tertiary/aromatic N) is 3. The number of nitrogens with two attached hydrogens (primary N) is 1. The van der Waals surface area contributed by atoms with Gasteiger partial charge in [-0.25, -0.2) is 0 Å². The van der Waals surface area contributed by atoms with Crippen molar-refractivity contribution in [3.05, 3.63) is 35.2 Å². The van der Waals surface area contributed by atoms with Crippen LogP contribution in [0.2, 0.25) is 0 Å². The van der Waals surface area contributed by atoms with Gasteiger partial charge in [0, 0.05) is 18.0 Å². The predicted octanol–water partition coefficient (Wildman–Crippen LogP) is 2.05. The van der Waals surface area contributed by atoms with E-state index in [0.29, 0.717) is 5.82 Å². The van der Waals surface area contributed by atoms with Crippen LogP contribution in [0.15, 0.2) is 18.5 Å². The molecule has 2 heterocycles. The molecule has 16 heavy (non-hydrogen) atoms. The van der Waals surface area contributed by atoms with Crippen molar-refractivity contribution in [3.63, 3.8) is 0 Å². The van der Waals surface area contributed by atoms with E-state index in [-0.39, 0.29) is 0 Å². The van der Waals surface area contributed by atoms with Crippen LogP contribution in [-0.4, -0.2) is 15.2 Å². The highest BCUT2D eigenvalue weighted by Crippen LogP contribution is 2.26. The lowest BCUT2D eigenvalue weighted by Gasteiger charge is -2.10. The highest BCUT2D eigenvalue weighted by atomic mass is 15.1. The molecule has 0 amide bonds. The van der Waals surface area contributed by atoms with E-state index in [2.05, 4.69) is 15.2 Å². The number of anilines is 1. The van der Waals surface area contributed by atoms with Gasteiger partial charge in [-0.1, -0.05) is 0 Å². The second kappa shape index (κ2) is 3.89. The van der Waals surface area contributed by atoms with Gasteiger partial charge in [0.25, 0.3) is 0 Å². The zero-order chi connectivity index (χ0) is 11.7. The van der Waals surface area contributed by atoms with Crippen molar-refractivity contribution in [1.82, 2.24) is 15.2 Å². The first-order valence-corrected chi connectivity index (χ1v) is 5.11. The van der Waals surface area contributed by atoms with Crippen molar-refractivity contribution in [1.29, 1.82) is 0 Å². The SMILES string of the molecule is Cc1ccncc1-c1nnc(N)c(C)c1C. The monoisotopic (exact) mass is 214 g/mol. The number of rotatable bonds is 1. The summed E-state index contributed by atoms with van der Waals surface area (Å²) in [6, 6.07) is 1.96. The van der Waals surface area contributed by atoms with Crippen LogP contribution in [-0.2, 0) is 0 Å². The van der Waals surface area contributed by atoms with Crippen LogP contribution in [0.4, 0.5) is 5.82 Å². The third-order valence-corrected chi connectivity index (χ3v) is 2.85. The summed E-state index contributed by atoms with van der Waals surface area (Å²) in [5.41, 5.74) is 10.8. The Morgan fingerprint density at radius 2 is 1.81 bits per heavy atom. The summed E-state index contributed by atoms with van der Waals surface area (Å²) in [4.78, 5) is 4.12. The molecule has 0 aliphatic rings. The number of hydrogen-bond acceptors (Lipinski definition) is 4. The number of aryl methyl sites for hydroxylation is 1. The fourth-order valence-corrected chi connectivity index (χ4v) is 1.59. The number of aromatic nitrogens is 3. The van der Waals surface area contributed by atoms with Crippen molar-refractivity contribution >= 4 is 5.82 Å². The average Bonchev–Trinajstić information content (AvgIpc) is 2.28. The molecule has 4 nitrogen and oxygen atoms in total. The van der Waals surface area contributed by atoms with Crippen molar-refractivity contribution < 1.29 is 0 Å². The minimum atomic E-state index is 0.489. The first kappa shape index (κ1) is 10.5. The Bertz CT molecular complexity index is 535. The fraction of sp³-hybridized carbons (Fsp3) is 0.250. The number of pyridine rings is 1. The largest absolute Gasteiger partial charge is 0.382 e. The van der Waals surface area contributed by atoms with E-state index < -0.39 is 0 Å². The lowest BCUT2D eigenvalue weighted by molar-refractivity contribution is 1.01. The lowest BCUT2D eigenvalue weighted by Crippen LogP contribution is -2.02. The number of hydrogen-bond donors (Lipinski definition) is 1. The first-order chi connectivity index (χ1) is 7.61. The molecule has 0 bridgehead atoms. The standard InChI is InChI=1S/C12H14N4/c1-7-4-5-14-6-10(7)11-8(2)9(3)12(13)16-15-11/h4-6H,1-3H3,(H2,13,16). The maximum absolute atomic E-state index is 5.72. The molecule has 2 aromatic rings. The van der Waals surface area contributed by atoms with E-state index >= 15 is 0 Å². The molecular formula is C12H14N4. The fourth-order valence-electron chi connectivity index (χ4n) is 1.59. The van der Waals surface area contributed by atoms with E-state index in [4.69, 9.17) is 5.73 Å². The van der Waals surface area contributed by atoms with Crippen molar-refractivity contribution in [2.24, 2.45) is 0 Å². The normalized spacial score (nSPS) is 10.4. The Kier molecular flexibility index (Phi) is 2.56. The van der Waals surface area contributed by atoms with Crippen LogP contribution < -0.4 is 5.73 Å². The van der Waals surface area contributed by atoms with Gasteiger partial charge in [0.05, 0.1) is 5.69 Å². The highest BCUT2D eigenvalue weighted by Gasteiger charge is 2.11. The van der Waals surface area contributed by atoms with Crippen LogP contribution in [0.3, 0.4) is 0 Å². The maximum atomic E-state index is 5.72. The Labute approximate surface area is 94.6 Å². The molecular weight excluding hydrogens is 200 g/mol. The van der Waals surface area contributed by atoms with Gasteiger partial charge in [0.1, 0.15) is 5.82 Å². The smallest absolute Gasteiger partial charge is 0.149 e. The molecule has 0 saturated carbocycles. The molecule has 2 aromatic heterocycles. The molecule has 0 aromatic carbocycles. The van der Waals surface area contributed by atoms with E-state index in [1.54, 1.807) is 6.20 Å². The van der Waals surface area contributed by atoms with Gasteiger partial charge in [-0.3, -0.25) is 4.98 Å². The molecule has 0 saturated heterocycles. The van der Waals surface area contributed by atoms with Crippen molar-refractivity contribution in [2.75, 3.05) is 5.73 Å². The predicted molar refractivity (Wildman–Crippen MR) is 63.9 cm³/mol. The summed E-state index contributed by atoms with van der Waals surface area (Å²) < 4.78 is 0. The van der Waals surface area contributed by atoms with Crippen molar-refractivity contribution in [2.45, 2.75) is 20.8 Å². The molecule has 0 atom stereocenters. The zero-order valence-electron chi connectivity index (χ0n) is 9.65. The van der Waals surface area contributed by atoms with Gasteiger partial charge in [-0.2, -0.15) is 0 Å². The molecule has 0 unspecified atom stereocenters. The first-order valence-electron chi connectivity index (χ1n) is 5.11. The summed E-state index contributed by atoms with van der Waals surface area (Å²) >= 11 is 0. The van der Waals surface area contributed by atoms with Crippen LogP contribution >= 0.6 is 0 Å². The number of nitrogen functional groups attached to an aromatic ring is 1. The summed E-state index contributed by atoms with van der Waals surface area (Å²) in [5, 5.41) is 8.11. The Morgan fingerprint density at radius 1 is 1.06 bits per heavy atom. The van der Waals surface area contributed by atoms with Gasteiger partial charge < -0.3 is 5.73 Å². The molecule has 0 aliphatic carbocycles. The molecule has 2 N–H and O–H groups in total. The van der Waals surface area contributed by atoms with Gasteiger partial charge >= 0.3 is 0 Å². The minimum Gasteiger partial charge on any atom is -0.382 e. The summed E-state index contributed by atoms with van der Waals surface area (Å²) in [6.07, 6.45) is 3.58. The van der Waals surface area contributed by atoms with Crippen LogP contribution in [0.5, 0.6) is 0 Å². The topological polar surface area (TPSA) is 64.7 Å². The lowest BCUT2D eigenvalue weighted by atomic mass is 10.0. The van der Waals surface area contributed by atoms with Gasteiger partial charge in [0.2, 0.25) is 0 Å². The Balaban J connectivity index is 2.66. The molecule has 4 heteroatoms. The Hall–Kier alpha value is -1.97. The Morgan fingerprint density at radius 3 is 2.50 bits per heavy atom. The third kappa shape index (κ3) is 1.62. The minimum absolute atomic E-state index is 0.489. The third-order valence-electron chi connectivity index (χ3n) is 2.85. The van der Waals surface area contributed by atoms with Gasteiger partial charge in [-0.05, 0) is 43.5 Å². The summed E-state index contributed by atoms with van der Waals surface area (Å²) in [7, 11) is 0. The quantitative estimate of drug-likeness (QED) is 0.789. The maximum Gasteiger partial charge on any atom is 0.149 e. The second-order valence-corrected chi connectivity index (χ2v) is 3.87. The molecule has 2 rings (SSSR count). The summed E-state index contributed by atoms with van der Waals surface area (Å²) in [6.45, 7) is 5.99. The average molecular weight is 214 g/mol. The molecule has 0 aliphatic heterocycles. The van der Waals surface area contributed by atoms with E-state index in [9.17, 15) is 0 Å². The van der Waals surface area contributed by atoms with Crippen LogP contribution in [0.25, 0.3) is 11.3 Å². The van der Waals surface area contributed by atoms with Gasteiger partial charge in [0.15, 0.2) is 0 Å². The molecule has 0 radical (unpaired) electrons. The van der Waals surface area contributed by atoms with Crippen LogP contribution in [0.1, 0.15) is 16.7 Å². The van der Waals surface area contributed by atoms with E-state index in [1.165, 1.54) is 0 Å².